The Morgan fingerprint density at radius 3 is 2.80 bits per heavy atom. The molecule has 0 saturated heterocycles. The standard InChI is InChI=1S/C15H20N2O3/c1-4-7-14(18)17-12-8-6-9-13(10-12)20-15(19)16-11(3)5-2/h4,6-11H,5H2,1-3H3,(H,16,19)(H,17,18). The van der Waals surface area contributed by atoms with E-state index >= 15 is 0 Å². The van der Waals surface area contributed by atoms with Crippen molar-refractivity contribution in [1.82, 2.24) is 5.32 Å². The van der Waals surface area contributed by atoms with E-state index in [0.717, 1.165) is 6.42 Å². The molecule has 2 amide bonds. The van der Waals surface area contributed by atoms with Gasteiger partial charge in [-0.1, -0.05) is 19.1 Å². The minimum Gasteiger partial charge on any atom is -0.410 e. The van der Waals surface area contributed by atoms with E-state index in [1.54, 1.807) is 37.3 Å². The lowest BCUT2D eigenvalue weighted by Crippen LogP contribution is -2.34. The number of benzene rings is 1. The highest BCUT2D eigenvalue weighted by molar-refractivity contribution is 5.99. The van der Waals surface area contributed by atoms with Crippen molar-refractivity contribution in [2.24, 2.45) is 0 Å². The Morgan fingerprint density at radius 2 is 2.15 bits per heavy atom. The summed E-state index contributed by atoms with van der Waals surface area (Å²) in [6.45, 7) is 5.63. The molecular weight excluding hydrogens is 256 g/mol. The fraction of sp³-hybridized carbons (Fsp3) is 0.333. The van der Waals surface area contributed by atoms with Gasteiger partial charge in [0.25, 0.3) is 0 Å². The molecule has 108 valence electrons. The molecule has 0 heterocycles. The highest BCUT2D eigenvalue weighted by atomic mass is 16.6. The maximum absolute atomic E-state index is 11.6. The molecule has 1 aromatic carbocycles. The Balaban J connectivity index is 2.64. The van der Waals surface area contributed by atoms with Crippen molar-refractivity contribution < 1.29 is 14.3 Å². The van der Waals surface area contributed by atoms with E-state index in [1.807, 2.05) is 13.8 Å². The molecule has 0 fully saturated rings. The molecule has 0 spiro atoms. The third-order valence-corrected chi connectivity index (χ3v) is 2.61. The van der Waals surface area contributed by atoms with Gasteiger partial charge in [-0.15, -0.1) is 0 Å². The van der Waals surface area contributed by atoms with Gasteiger partial charge in [0.2, 0.25) is 5.91 Å². The van der Waals surface area contributed by atoms with Crippen LogP contribution in [-0.2, 0) is 4.79 Å². The van der Waals surface area contributed by atoms with E-state index in [2.05, 4.69) is 10.6 Å². The zero-order valence-electron chi connectivity index (χ0n) is 12.0. The second-order valence-electron chi connectivity index (χ2n) is 4.36. The van der Waals surface area contributed by atoms with Gasteiger partial charge in [-0.25, -0.2) is 4.79 Å². The molecule has 0 saturated carbocycles. The monoisotopic (exact) mass is 276 g/mol. The first-order valence-corrected chi connectivity index (χ1v) is 6.57. The van der Waals surface area contributed by atoms with Crippen LogP contribution in [0.1, 0.15) is 27.2 Å². The van der Waals surface area contributed by atoms with Crippen LogP contribution in [-0.4, -0.2) is 18.0 Å². The first-order chi connectivity index (χ1) is 9.55. The number of nitrogens with one attached hydrogen (secondary N) is 2. The van der Waals surface area contributed by atoms with E-state index in [1.165, 1.54) is 6.08 Å². The number of allylic oxidation sites excluding steroid dienone is 1. The number of hydrogen-bond donors (Lipinski definition) is 2. The fourth-order valence-electron chi connectivity index (χ4n) is 1.41. The highest BCUT2D eigenvalue weighted by Gasteiger charge is 2.08. The summed E-state index contributed by atoms with van der Waals surface area (Å²) < 4.78 is 5.15. The Morgan fingerprint density at radius 1 is 1.40 bits per heavy atom. The van der Waals surface area contributed by atoms with Crippen LogP contribution in [0.25, 0.3) is 0 Å². The van der Waals surface area contributed by atoms with Gasteiger partial charge in [0.15, 0.2) is 0 Å². The van der Waals surface area contributed by atoms with Gasteiger partial charge < -0.3 is 15.4 Å². The average Bonchev–Trinajstić information content (AvgIpc) is 2.38. The van der Waals surface area contributed by atoms with Gasteiger partial charge in [0, 0.05) is 17.8 Å². The predicted octanol–water partition coefficient (Wildman–Crippen LogP) is 3.09. The number of anilines is 1. The summed E-state index contributed by atoms with van der Waals surface area (Å²) in [6, 6.07) is 6.73. The van der Waals surface area contributed by atoms with Gasteiger partial charge in [-0.3, -0.25) is 4.79 Å². The molecule has 0 aliphatic heterocycles. The summed E-state index contributed by atoms with van der Waals surface area (Å²) >= 11 is 0. The Hall–Kier alpha value is -2.30. The summed E-state index contributed by atoms with van der Waals surface area (Å²) in [5.41, 5.74) is 0.571. The zero-order chi connectivity index (χ0) is 15.0. The molecule has 5 heteroatoms. The van der Waals surface area contributed by atoms with Gasteiger partial charge in [-0.05, 0) is 38.5 Å². The van der Waals surface area contributed by atoms with E-state index < -0.39 is 6.09 Å². The van der Waals surface area contributed by atoms with Crippen molar-refractivity contribution >= 4 is 17.7 Å². The average molecular weight is 276 g/mol. The van der Waals surface area contributed by atoms with Crippen molar-refractivity contribution in [2.75, 3.05) is 5.32 Å². The molecule has 1 aromatic rings. The molecule has 1 unspecified atom stereocenters. The maximum atomic E-state index is 11.6. The molecule has 0 radical (unpaired) electrons. The van der Waals surface area contributed by atoms with Gasteiger partial charge in [0.1, 0.15) is 5.75 Å². The Bertz CT molecular complexity index is 498. The minimum atomic E-state index is -0.503. The summed E-state index contributed by atoms with van der Waals surface area (Å²) in [4.78, 5) is 23.0. The van der Waals surface area contributed by atoms with Crippen LogP contribution < -0.4 is 15.4 Å². The van der Waals surface area contributed by atoms with Crippen LogP contribution in [0, 0.1) is 0 Å². The molecule has 2 N–H and O–H groups in total. The SMILES string of the molecule is CC=CC(=O)Nc1cccc(OC(=O)NC(C)CC)c1. The van der Waals surface area contributed by atoms with Crippen LogP contribution in [0.3, 0.4) is 0 Å². The van der Waals surface area contributed by atoms with Crippen molar-refractivity contribution in [3.63, 3.8) is 0 Å². The van der Waals surface area contributed by atoms with Crippen molar-refractivity contribution in [2.45, 2.75) is 33.2 Å². The van der Waals surface area contributed by atoms with Crippen LogP contribution in [0.2, 0.25) is 0 Å². The van der Waals surface area contributed by atoms with E-state index in [9.17, 15) is 9.59 Å². The van der Waals surface area contributed by atoms with Gasteiger partial charge in [0.05, 0.1) is 0 Å². The molecular formula is C15H20N2O3. The summed E-state index contributed by atoms with van der Waals surface area (Å²) in [5, 5.41) is 5.37. The smallest absolute Gasteiger partial charge is 0.410 e. The molecule has 0 aliphatic rings. The lowest BCUT2D eigenvalue weighted by atomic mass is 10.3. The zero-order valence-corrected chi connectivity index (χ0v) is 12.0. The third kappa shape index (κ3) is 5.56. The maximum Gasteiger partial charge on any atom is 0.412 e. The fourth-order valence-corrected chi connectivity index (χ4v) is 1.41. The summed E-state index contributed by atoms with van der Waals surface area (Å²) in [6.07, 6.45) is 3.39. The summed E-state index contributed by atoms with van der Waals surface area (Å²) in [5.74, 6) is 0.151. The predicted molar refractivity (Wildman–Crippen MR) is 78.8 cm³/mol. The number of carbonyl (C=O) groups excluding carboxylic acids is 2. The van der Waals surface area contributed by atoms with Crippen LogP contribution in [0.15, 0.2) is 36.4 Å². The molecule has 20 heavy (non-hydrogen) atoms. The third-order valence-electron chi connectivity index (χ3n) is 2.61. The quantitative estimate of drug-likeness (QED) is 0.812. The first kappa shape index (κ1) is 15.8. The van der Waals surface area contributed by atoms with E-state index in [4.69, 9.17) is 4.74 Å². The van der Waals surface area contributed by atoms with Gasteiger partial charge >= 0.3 is 6.09 Å². The largest absolute Gasteiger partial charge is 0.412 e. The van der Waals surface area contributed by atoms with Crippen molar-refractivity contribution in [3.8, 4) is 5.75 Å². The lowest BCUT2D eigenvalue weighted by molar-refractivity contribution is -0.111. The topological polar surface area (TPSA) is 67.4 Å². The number of carbonyl (C=O) groups is 2. The summed E-state index contributed by atoms with van der Waals surface area (Å²) in [7, 11) is 0. The van der Waals surface area contributed by atoms with Crippen molar-refractivity contribution in [1.29, 1.82) is 0 Å². The number of hydrogen-bond acceptors (Lipinski definition) is 3. The first-order valence-electron chi connectivity index (χ1n) is 6.57. The van der Waals surface area contributed by atoms with E-state index in [-0.39, 0.29) is 11.9 Å². The Labute approximate surface area is 119 Å². The van der Waals surface area contributed by atoms with Crippen LogP contribution in [0.5, 0.6) is 5.75 Å². The molecule has 0 aliphatic carbocycles. The molecule has 1 rings (SSSR count). The molecule has 5 nitrogen and oxygen atoms in total. The van der Waals surface area contributed by atoms with Gasteiger partial charge in [-0.2, -0.15) is 0 Å². The molecule has 1 atom stereocenters. The minimum absolute atomic E-state index is 0.0556. The second kappa shape index (κ2) is 7.99. The highest BCUT2D eigenvalue weighted by Crippen LogP contribution is 2.17. The van der Waals surface area contributed by atoms with Crippen LogP contribution in [0.4, 0.5) is 10.5 Å². The molecule has 0 bridgehead atoms. The number of amides is 2. The second-order valence-corrected chi connectivity index (χ2v) is 4.36. The molecule has 0 aromatic heterocycles. The number of ether oxygens (including phenoxy) is 1. The lowest BCUT2D eigenvalue weighted by Gasteiger charge is -2.12. The normalized spacial score (nSPS) is 11.9. The number of rotatable bonds is 5. The van der Waals surface area contributed by atoms with E-state index in [0.29, 0.717) is 11.4 Å². The van der Waals surface area contributed by atoms with Crippen LogP contribution >= 0.6 is 0 Å². The van der Waals surface area contributed by atoms with Crippen molar-refractivity contribution in [3.05, 3.63) is 36.4 Å². The Kier molecular flexibility index (Phi) is 6.29.